The third-order valence-electron chi connectivity index (χ3n) is 4.01. The van der Waals surface area contributed by atoms with Gasteiger partial charge in [0.1, 0.15) is 12.4 Å². The average Bonchev–Trinajstić information content (AvgIpc) is 2.72. The van der Waals surface area contributed by atoms with Crippen LogP contribution in [0.3, 0.4) is 0 Å². The van der Waals surface area contributed by atoms with Crippen molar-refractivity contribution in [1.82, 2.24) is 15.4 Å². The molecule has 166 valence electrons. The Labute approximate surface area is 223 Å². The Balaban J connectivity index is 1.53. The van der Waals surface area contributed by atoms with Gasteiger partial charge in [-0.2, -0.15) is 5.10 Å². The monoisotopic (exact) mass is 692 g/mol. The van der Waals surface area contributed by atoms with E-state index in [1.165, 1.54) is 11.8 Å². The molecule has 1 heterocycles. The van der Waals surface area contributed by atoms with Gasteiger partial charge in [-0.1, -0.05) is 35.5 Å². The first-order valence-electron chi connectivity index (χ1n) is 9.43. The first kappa shape index (κ1) is 25.2. The summed E-state index contributed by atoms with van der Waals surface area (Å²) in [6, 6.07) is 13.4. The van der Waals surface area contributed by atoms with E-state index in [-0.39, 0.29) is 11.7 Å². The quantitative estimate of drug-likeness (QED) is 0.107. The number of aryl methyl sites for hydroxylation is 2. The second-order valence-corrected chi connectivity index (χ2v) is 10.4. The molecule has 0 saturated carbocycles. The first-order valence-corrected chi connectivity index (χ1v) is 13.0. The normalized spacial score (nSPS) is 11.0. The van der Waals surface area contributed by atoms with Gasteiger partial charge in [-0.15, -0.1) is 0 Å². The Morgan fingerprint density at radius 1 is 1.12 bits per heavy atom. The molecule has 0 aliphatic heterocycles. The topological polar surface area (TPSA) is 76.5 Å². The summed E-state index contributed by atoms with van der Waals surface area (Å²) in [7, 11) is 0. The van der Waals surface area contributed by atoms with Crippen molar-refractivity contribution in [2.45, 2.75) is 25.6 Å². The van der Waals surface area contributed by atoms with Crippen molar-refractivity contribution in [3.63, 3.8) is 0 Å². The zero-order valence-electron chi connectivity index (χ0n) is 17.2. The van der Waals surface area contributed by atoms with Crippen LogP contribution in [0.25, 0.3) is 0 Å². The largest absolute Gasteiger partial charge is 0.487 e. The summed E-state index contributed by atoms with van der Waals surface area (Å²) < 4.78 is 7.91. The molecule has 0 saturated heterocycles. The van der Waals surface area contributed by atoms with Crippen LogP contribution < -0.4 is 10.2 Å². The third kappa shape index (κ3) is 7.85. The Kier molecular flexibility index (Phi) is 9.56. The molecular weight excluding hydrogens is 674 g/mol. The average molecular weight is 693 g/mol. The number of hydrogen-bond donors (Lipinski definition) is 1. The van der Waals surface area contributed by atoms with E-state index >= 15 is 0 Å². The molecule has 2 aromatic carbocycles. The van der Waals surface area contributed by atoms with Crippen molar-refractivity contribution in [1.29, 1.82) is 0 Å². The lowest BCUT2D eigenvalue weighted by molar-refractivity contribution is -0.118. The van der Waals surface area contributed by atoms with Gasteiger partial charge in [0.05, 0.1) is 19.1 Å². The van der Waals surface area contributed by atoms with Gasteiger partial charge >= 0.3 is 0 Å². The summed E-state index contributed by atoms with van der Waals surface area (Å²) in [4.78, 5) is 20.7. The molecule has 0 fully saturated rings. The second-order valence-electron chi connectivity index (χ2n) is 6.74. The standard InChI is InChI=1S/C22H19ClI2N4O2S/c1-13-7-14(2)28-22(27-13)32-12-20(30)29-26-10-16-8-18(24)21(19(25)9-16)31-11-15-3-5-17(23)6-4-15/h3-10H,11-12H2,1-2H3,(H,29,30)/b26-10-. The Morgan fingerprint density at radius 2 is 1.75 bits per heavy atom. The fourth-order valence-electron chi connectivity index (χ4n) is 2.63. The summed E-state index contributed by atoms with van der Waals surface area (Å²) in [6.45, 7) is 4.26. The van der Waals surface area contributed by atoms with Crippen molar-refractivity contribution >= 4 is 80.7 Å². The highest BCUT2D eigenvalue weighted by Crippen LogP contribution is 2.29. The van der Waals surface area contributed by atoms with Gasteiger partial charge < -0.3 is 4.74 Å². The van der Waals surface area contributed by atoms with Crippen LogP contribution in [-0.4, -0.2) is 27.8 Å². The zero-order valence-corrected chi connectivity index (χ0v) is 23.1. The van der Waals surface area contributed by atoms with E-state index in [4.69, 9.17) is 16.3 Å². The van der Waals surface area contributed by atoms with Crippen molar-refractivity contribution in [2.24, 2.45) is 5.10 Å². The number of carbonyl (C=O) groups is 1. The molecule has 6 nitrogen and oxygen atoms in total. The van der Waals surface area contributed by atoms with Gasteiger partial charge in [-0.25, -0.2) is 15.4 Å². The molecule has 0 radical (unpaired) electrons. The number of carbonyl (C=O) groups excluding carboxylic acids is 1. The fourth-order valence-corrected chi connectivity index (χ4v) is 5.62. The van der Waals surface area contributed by atoms with Gasteiger partial charge in [0.15, 0.2) is 5.16 Å². The van der Waals surface area contributed by atoms with Crippen LogP contribution in [0.4, 0.5) is 0 Å². The highest BCUT2D eigenvalue weighted by Gasteiger charge is 2.09. The Morgan fingerprint density at radius 3 is 2.38 bits per heavy atom. The second kappa shape index (κ2) is 12.1. The number of halogens is 3. The fraction of sp³-hybridized carbons (Fsp3) is 0.182. The van der Waals surface area contributed by atoms with Crippen LogP contribution in [0, 0.1) is 21.0 Å². The van der Waals surface area contributed by atoms with Crippen LogP contribution in [-0.2, 0) is 11.4 Å². The highest BCUT2D eigenvalue weighted by atomic mass is 127. The molecule has 0 bridgehead atoms. The zero-order chi connectivity index (χ0) is 23.1. The summed E-state index contributed by atoms with van der Waals surface area (Å²) in [6.07, 6.45) is 1.61. The molecule has 10 heteroatoms. The number of rotatable bonds is 8. The molecule has 1 aromatic heterocycles. The minimum atomic E-state index is -0.221. The van der Waals surface area contributed by atoms with Crippen LogP contribution >= 0.6 is 68.5 Å². The Hall–Kier alpha value is -1.44. The maximum Gasteiger partial charge on any atom is 0.250 e. The molecule has 3 aromatic rings. The molecule has 32 heavy (non-hydrogen) atoms. The number of benzene rings is 2. The lowest BCUT2D eigenvalue weighted by Crippen LogP contribution is -2.19. The van der Waals surface area contributed by atoms with Gasteiger partial charge in [0, 0.05) is 16.4 Å². The molecule has 1 amide bonds. The van der Waals surface area contributed by atoms with E-state index in [1.807, 2.05) is 56.3 Å². The van der Waals surface area contributed by atoms with E-state index in [1.54, 1.807) is 6.21 Å². The number of nitrogens with one attached hydrogen (secondary N) is 1. The van der Waals surface area contributed by atoms with Gasteiger partial charge in [0.2, 0.25) is 0 Å². The van der Waals surface area contributed by atoms with Crippen molar-refractivity contribution in [3.05, 3.63) is 77.1 Å². The predicted octanol–water partition coefficient (Wildman–Crippen LogP) is 5.78. The van der Waals surface area contributed by atoms with Gasteiger partial charge in [-0.05, 0) is 100 Å². The maximum atomic E-state index is 12.1. The number of aromatic nitrogens is 2. The van der Waals surface area contributed by atoms with Crippen molar-refractivity contribution < 1.29 is 9.53 Å². The Bertz CT molecular complexity index is 1100. The van der Waals surface area contributed by atoms with E-state index in [2.05, 4.69) is 65.7 Å². The minimum absolute atomic E-state index is 0.187. The SMILES string of the molecule is Cc1cc(C)nc(SCC(=O)N/N=C\c2cc(I)c(OCc3ccc(Cl)cc3)c(I)c2)n1. The molecule has 0 aliphatic carbocycles. The molecule has 0 aliphatic rings. The number of hydrogen-bond acceptors (Lipinski definition) is 6. The molecule has 0 unspecified atom stereocenters. The number of ether oxygens (including phenoxy) is 1. The van der Waals surface area contributed by atoms with E-state index < -0.39 is 0 Å². The minimum Gasteiger partial charge on any atom is -0.487 e. The lowest BCUT2D eigenvalue weighted by atomic mass is 10.2. The predicted molar refractivity (Wildman–Crippen MR) is 146 cm³/mol. The third-order valence-corrected chi connectivity index (χ3v) is 6.72. The number of nitrogens with zero attached hydrogens (tertiary/aromatic N) is 3. The van der Waals surface area contributed by atoms with Crippen LogP contribution in [0.15, 0.2) is 52.7 Å². The smallest absolute Gasteiger partial charge is 0.250 e. The number of thioether (sulfide) groups is 1. The van der Waals surface area contributed by atoms with Crippen molar-refractivity contribution in [2.75, 3.05) is 5.75 Å². The first-order chi connectivity index (χ1) is 15.3. The molecular formula is C22H19ClI2N4O2S. The molecule has 0 atom stereocenters. The van der Waals surface area contributed by atoms with Crippen LogP contribution in [0.1, 0.15) is 22.5 Å². The maximum absolute atomic E-state index is 12.1. The molecule has 1 N–H and O–H groups in total. The van der Waals surface area contributed by atoms with Crippen LogP contribution in [0.2, 0.25) is 5.02 Å². The van der Waals surface area contributed by atoms with E-state index in [9.17, 15) is 4.79 Å². The van der Waals surface area contributed by atoms with Crippen LogP contribution in [0.5, 0.6) is 5.75 Å². The molecule has 0 spiro atoms. The summed E-state index contributed by atoms with van der Waals surface area (Å²) >= 11 is 11.7. The van der Waals surface area contributed by atoms with Crippen molar-refractivity contribution in [3.8, 4) is 5.75 Å². The van der Waals surface area contributed by atoms with E-state index in [0.29, 0.717) is 16.8 Å². The summed E-state index contributed by atoms with van der Waals surface area (Å²) in [5, 5.41) is 5.35. The van der Waals surface area contributed by atoms with Gasteiger partial charge in [0.25, 0.3) is 5.91 Å². The molecule has 3 rings (SSSR count). The lowest BCUT2D eigenvalue weighted by Gasteiger charge is -2.11. The number of amides is 1. The highest BCUT2D eigenvalue weighted by molar-refractivity contribution is 14.1. The summed E-state index contributed by atoms with van der Waals surface area (Å²) in [5.41, 5.74) is 6.20. The summed E-state index contributed by atoms with van der Waals surface area (Å²) in [5.74, 6) is 0.778. The van der Waals surface area contributed by atoms with E-state index in [0.717, 1.165) is 35.4 Å². The van der Waals surface area contributed by atoms with Gasteiger partial charge in [-0.3, -0.25) is 4.79 Å². The number of hydrazone groups is 1.